The van der Waals surface area contributed by atoms with Crippen LogP contribution in [0.1, 0.15) is 45.6 Å². The molecule has 0 aromatic heterocycles. The summed E-state index contributed by atoms with van der Waals surface area (Å²) < 4.78 is 0. The molecule has 3 heteroatoms. The van der Waals surface area contributed by atoms with Crippen molar-refractivity contribution in [3.63, 3.8) is 0 Å². The Hall–Kier alpha value is 0.244. The minimum absolute atomic E-state index is 0. The molecule has 1 radical (unpaired) electrons. The summed E-state index contributed by atoms with van der Waals surface area (Å²) in [5.41, 5.74) is 5.36. The van der Waals surface area contributed by atoms with E-state index < -0.39 is 0 Å². The molecule has 0 atom stereocenters. The van der Waals surface area contributed by atoms with Gasteiger partial charge in [0, 0.05) is 38.3 Å². The van der Waals surface area contributed by atoms with E-state index in [2.05, 4.69) is 38.4 Å². The number of nitrogens with zero attached hydrogens (tertiary/aromatic N) is 1. The predicted molar refractivity (Wildman–Crippen MR) is 68.2 cm³/mol. The molecule has 1 aromatic carbocycles. The predicted octanol–water partition coefficient (Wildman–Crippen LogP) is 4.46. The first kappa shape index (κ1) is 17.2. The van der Waals surface area contributed by atoms with Crippen molar-refractivity contribution < 1.29 is 37.5 Å². The average Bonchev–Trinajstić information content (AvgIpc) is 2.37. The molecule has 0 spiro atoms. The van der Waals surface area contributed by atoms with Gasteiger partial charge in [-0.25, -0.2) is 0 Å². The Balaban J connectivity index is 0.00000256. The number of benzene rings is 1. The van der Waals surface area contributed by atoms with Crippen molar-refractivity contribution in [2.45, 2.75) is 52.2 Å². The summed E-state index contributed by atoms with van der Waals surface area (Å²) in [4.78, 5) is 5.71. The summed E-state index contributed by atoms with van der Waals surface area (Å²) in [5, 5.41) is 0. The zero-order valence-electron chi connectivity index (χ0n) is 11.1. The van der Waals surface area contributed by atoms with Gasteiger partial charge in [-0.3, -0.25) is 0 Å². The van der Waals surface area contributed by atoms with Crippen molar-refractivity contribution in [2.24, 2.45) is 0 Å². The van der Waals surface area contributed by atoms with Gasteiger partial charge in [0.25, 0.3) is 0 Å². The van der Waals surface area contributed by atoms with E-state index >= 15 is 0 Å². The number of hydroxylamine groups is 1. The van der Waals surface area contributed by atoms with Crippen LogP contribution in [0.4, 0.5) is 0 Å². The third-order valence-corrected chi connectivity index (χ3v) is 3.28. The molecule has 0 aliphatic rings. The maximum Gasteiger partial charge on any atom is 0.0469 e. The van der Waals surface area contributed by atoms with Gasteiger partial charge in [-0.05, 0) is 19.3 Å². The minimum Gasteiger partial charge on any atom is -0.530 e. The molecular formula is C14H22NOY-. The molecule has 0 heterocycles. The molecule has 1 rings (SSSR count). The van der Waals surface area contributed by atoms with Crippen LogP contribution in [-0.2, 0) is 44.1 Å². The van der Waals surface area contributed by atoms with Crippen LogP contribution < -0.4 is 0 Å². The van der Waals surface area contributed by atoms with Crippen LogP contribution in [0.5, 0.6) is 0 Å². The molecule has 0 aliphatic heterocycles. The molecule has 93 valence electrons. The van der Waals surface area contributed by atoms with Crippen molar-refractivity contribution in [3.05, 3.63) is 41.4 Å². The van der Waals surface area contributed by atoms with E-state index in [-0.39, 0.29) is 38.3 Å². The molecule has 0 amide bonds. The third kappa shape index (κ3) is 5.61. The average molecular weight is 309 g/mol. The summed E-state index contributed by atoms with van der Waals surface area (Å²) in [6.07, 6.45) is 3.04. The van der Waals surface area contributed by atoms with Crippen molar-refractivity contribution in [1.29, 1.82) is 0 Å². The van der Waals surface area contributed by atoms with Gasteiger partial charge < -0.3 is 10.3 Å². The molecule has 17 heavy (non-hydrogen) atoms. The molecule has 0 fully saturated rings. The van der Waals surface area contributed by atoms with E-state index in [9.17, 15) is 0 Å². The summed E-state index contributed by atoms with van der Waals surface area (Å²) >= 11 is 0. The first-order valence-electron chi connectivity index (χ1n) is 6.15. The van der Waals surface area contributed by atoms with Gasteiger partial charge >= 0.3 is 0 Å². The van der Waals surface area contributed by atoms with Crippen LogP contribution in [0.25, 0.3) is 5.48 Å². The van der Waals surface area contributed by atoms with E-state index in [1.165, 1.54) is 5.56 Å². The van der Waals surface area contributed by atoms with Crippen LogP contribution in [0.15, 0.2) is 30.3 Å². The van der Waals surface area contributed by atoms with Gasteiger partial charge in [0.05, 0.1) is 0 Å². The van der Waals surface area contributed by atoms with Crippen molar-refractivity contribution >= 4 is 0 Å². The SMILES string of the molecule is CCC(CC)(CC)O[N-]Cc1ccccc1.[Y]. The Bertz CT molecular complexity index is 277. The van der Waals surface area contributed by atoms with Crippen LogP contribution in [0, 0.1) is 0 Å². The fourth-order valence-corrected chi connectivity index (χ4v) is 1.77. The summed E-state index contributed by atoms with van der Waals surface area (Å²) in [5.74, 6) is 0. The summed E-state index contributed by atoms with van der Waals surface area (Å²) in [7, 11) is 0. The molecule has 0 unspecified atom stereocenters. The zero-order chi connectivity index (χ0) is 11.9. The number of hydrogen-bond donors (Lipinski definition) is 0. The maximum absolute atomic E-state index is 5.71. The first-order valence-corrected chi connectivity index (χ1v) is 6.15. The Kier molecular flexibility index (Phi) is 9.34. The van der Waals surface area contributed by atoms with E-state index in [1.54, 1.807) is 0 Å². The maximum atomic E-state index is 5.71. The monoisotopic (exact) mass is 309 g/mol. The molecule has 0 saturated carbocycles. The Morgan fingerprint density at radius 3 is 2.00 bits per heavy atom. The fraction of sp³-hybridized carbons (Fsp3) is 0.571. The summed E-state index contributed by atoms with van der Waals surface area (Å²) in [6.45, 7) is 7.11. The van der Waals surface area contributed by atoms with Crippen LogP contribution in [0.2, 0.25) is 0 Å². The van der Waals surface area contributed by atoms with Crippen molar-refractivity contribution in [1.82, 2.24) is 0 Å². The normalized spacial score (nSPS) is 11.0. The fourth-order valence-electron chi connectivity index (χ4n) is 1.77. The van der Waals surface area contributed by atoms with Gasteiger partial charge in [0.15, 0.2) is 0 Å². The van der Waals surface area contributed by atoms with Gasteiger partial charge in [-0.2, -0.15) is 0 Å². The molecule has 0 saturated heterocycles. The van der Waals surface area contributed by atoms with Crippen LogP contribution >= 0.6 is 0 Å². The van der Waals surface area contributed by atoms with Gasteiger partial charge in [0.1, 0.15) is 0 Å². The van der Waals surface area contributed by atoms with E-state index in [0.717, 1.165) is 19.3 Å². The van der Waals surface area contributed by atoms with Crippen LogP contribution in [0.3, 0.4) is 0 Å². The Morgan fingerprint density at radius 1 is 1.00 bits per heavy atom. The topological polar surface area (TPSA) is 23.3 Å². The zero-order valence-corrected chi connectivity index (χ0v) is 14.0. The first-order chi connectivity index (χ1) is 7.76. The Morgan fingerprint density at radius 2 is 1.53 bits per heavy atom. The minimum atomic E-state index is -0.0607. The third-order valence-electron chi connectivity index (χ3n) is 3.28. The van der Waals surface area contributed by atoms with Gasteiger partial charge in [-0.15, -0.1) is 6.54 Å². The van der Waals surface area contributed by atoms with E-state index in [1.807, 2.05) is 18.2 Å². The molecule has 2 nitrogen and oxygen atoms in total. The molecule has 0 bridgehead atoms. The number of hydrogen-bond acceptors (Lipinski definition) is 1. The molecular weight excluding hydrogens is 287 g/mol. The quantitative estimate of drug-likeness (QED) is 0.682. The summed E-state index contributed by atoms with van der Waals surface area (Å²) in [6, 6.07) is 10.2. The largest absolute Gasteiger partial charge is 0.530 e. The second kappa shape index (κ2) is 9.21. The van der Waals surface area contributed by atoms with E-state index in [4.69, 9.17) is 4.84 Å². The standard InChI is InChI=1S/C14H22NO.Y/c1-4-14(5-2,6-3)16-15-12-13-10-8-7-9-11-13;/h7-11H,4-6,12H2,1-3H3;/q-1;. The molecule has 0 N–H and O–H groups in total. The second-order valence-electron chi connectivity index (χ2n) is 4.11. The molecule has 1 aromatic rings. The van der Waals surface area contributed by atoms with Crippen molar-refractivity contribution in [2.75, 3.05) is 0 Å². The van der Waals surface area contributed by atoms with Crippen molar-refractivity contribution in [3.8, 4) is 0 Å². The second-order valence-corrected chi connectivity index (χ2v) is 4.11. The van der Waals surface area contributed by atoms with Gasteiger partial charge in [0.2, 0.25) is 0 Å². The smallest absolute Gasteiger partial charge is 0.0469 e. The Labute approximate surface area is 130 Å². The van der Waals surface area contributed by atoms with E-state index in [0.29, 0.717) is 6.54 Å². The van der Waals surface area contributed by atoms with Gasteiger partial charge in [-0.1, -0.05) is 56.7 Å². The molecule has 0 aliphatic carbocycles. The van der Waals surface area contributed by atoms with Crippen LogP contribution in [-0.4, -0.2) is 5.60 Å². The number of rotatable bonds is 7.